The number of amides is 3. The zero-order valence-electron chi connectivity index (χ0n) is 25.8. The number of nitrogens with two attached hydrogens (primary N) is 2. The normalized spacial score (nSPS) is 14.7. The van der Waals surface area contributed by atoms with E-state index in [1.807, 2.05) is 0 Å². The Balaban J connectivity index is 1.57. The average Bonchev–Trinajstić information content (AvgIpc) is 3.62. The number of carbonyl (C=O) groups is 3. The van der Waals surface area contributed by atoms with Crippen LogP contribution < -0.4 is 35.4 Å². The molecule has 0 unspecified atom stereocenters. The zero-order chi connectivity index (χ0) is 34.6. The number of methoxy groups -OCH3 is 1. The van der Waals surface area contributed by atoms with Gasteiger partial charge in [0.1, 0.15) is 18.8 Å². The Morgan fingerprint density at radius 1 is 0.771 bits per heavy atom. The maximum absolute atomic E-state index is 14.1. The Morgan fingerprint density at radius 3 is 1.67 bits per heavy atom. The van der Waals surface area contributed by atoms with Crippen molar-refractivity contribution in [1.82, 2.24) is 5.32 Å². The molecule has 1 aliphatic heterocycles. The smallest absolute Gasteiger partial charge is 0.264 e. The van der Waals surface area contributed by atoms with E-state index in [9.17, 15) is 31.2 Å². The fraction of sp³-hybridized carbons (Fsp3) is 0.219. The van der Waals surface area contributed by atoms with E-state index in [4.69, 9.17) is 16.2 Å². The highest BCUT2D eigenvalue weighted by atomic mass is 32.2. The molecule has 5 rings (SSSR count). The molecule has 1 aliphatic rings. The van der Waals surface area contributed by atoms with Crippen molar-refractivity contribution >= 4 is 65.6 Å². The van der Waals surface area contributed by atoms with Crippen LogP contribution in [0, 0.1) is 5.92 Å². The van der Waals surface area contributed by atoms with Gasteiger partial charge in [0.15, 0.2) is 0 Å². The average molecular weight is 695 g/mol. The second kappa shape index (κ2) is 13.9. The molecule has 0 radical (unpaired) electrons. The van der Waals surface area contributed by atoms with Gasteiger partial charge in [0.25, 0.3) is 20.0 Å². The Labute approximate surface area is 277 Å². The highest BCUT2D eigenvalue weighted by molar-refractivity contribution is 7.93. The van der Waals surface area contributed by atoms with Crippen molar-refractivity contribution in [2.75, 3.05) is 47.2 Å². The lowest BCUT2D eigenvalue weighted by Gasteiger charge is -2.28. The van der Waals surface area contributed by atoms with Crippen molar-refractivity contribution in [3.05, 3.63) is 84.9 Å². The molecular formula is C32H34N6O8S2. The van der Waals surface area contributed by atoms with E-state index in [1.165, 1.54) is 67.8 Å². The number of fused-ring (bicyclic) bond motifs is 1. The third kappa shape index (κ3) is 7.05. The SMILES string of the molecule is COc1ccc(S(=O)(=O)N(CC(N)=O)c2ccc(N(CC(N)=O)S(=O)(=O)c3ccc(NC(=O)[C@@H]4CCNC4)cc3)c3ccccc23)cc1. The lowest BCUT2D eigenvalue weighted by Crippen LogP contribution is -2.39. The van der Waals surface area contributed by atoms with Crippen molar-refractivity contribution < 1.29 is 36.0 Å². The van der Waals surface area contributed by atoms with E-state index in [0.29, 0.717) is 24.4 Å². The van der Waals surface area contributed by atoms with Gasteiger partial charge in [-0.15, -0.1) is 0 Å². The summed E-state index contributed by atoms with van der Waals surface area (Å²) < 4.78 is 62.7. The van der Waals surface area contributed by atoms with Crippen LogP contribution in [0.2, 0.25) is 0 Å². The van der Waals surface area contributed by atoms with Crippen molar-refractivity contribution in [1.29, 1.82) is 0 Å². The van der Waals surface area contributed by atoms with Crippen molar-refractivity contribution in [2.24, 2.45) is 17.4 Å². The number of rotatable bonds is 13. The number of ether oxygens (including phenoxy) is 1. The first-order valence-corrected chi connectivity index (χ1v) is 17.6. The van der Waals surface area contributed by atoms with Gasteiger partial charge in [0, 0.05) is 23.0 Å². The number of nitrogens with one attached hydrogen (secondary N) is 2. The molecule has 0 spiro atoms. The number of primary amides is 2. The Bertz CT molecular complexity index is 2070. The van der Waals surface area contributed by atoms with Crippen LogP contribution in [0.5, 0.6) is 5.75 Å². The minimum absolute atomic E-state index is 0.0279. The molecule has 0 saturated carbocycles. The molecule has 4 aromatic carbocycles. The first-order chi connectivity index (χ1) is 22.8. The van der Waals surface area contributed by atoms with Crippen LogP contribution in [0.25, 0.3) is 10.8 Å². The van der Waals surface area contributed by atoms with Gasteiger partial charge >= 0.3 is 0 Å². The molecule has 48 heavy (non-hydrogen) atoms. The van der Waals surface area contributed by atoms with E-state index in [-0.39, 0.29) is 43.8 Å². The van der Waals surface area contributed by atoms with Gasteiger partial charge in [-0.1, -0.05) is 24.3 Å². The molecule has 0 aromatic heterocycles. The summed E-state index contributed by atoms with van der Waals surface area (Å²) in [5.41, 5.74) is 11.5. The second-order valence-electron chi connectivity index (χ2n) is 11.0. The molecule has 3 amide bonds. The van der Waals surface area contributed by atoms with E-state index >= 15 is 0 Å². The molecule has 4 aromatic rings. The third-order valence-corrected chi connectivity index (χ3v) is 11.4. The standard InChI is InChI=1S/C32H34N6O8S2/c1-46-23-8-12-25(13-9-23)48(44,45)38(20-31(34)40)29-15-14-28(26-4-2-3-5-27(26)29)37(19-30(33)39)47(42,43)24-10-6-22(7-11-24)36-32(41)21-16-17-35-18-21/h2-15,21,35H,16-20H2,1H3,(H2,33,39)(H2,34,40)(H,36,41)/t21-/m1/s1. The largest absolute Gasteiger partial charge is 0.497 e. The topological polar surface area (TPSA) is 211 Å². The Hall–Kier alpha value is -5.19. The van der Waals surface area contributed by atoms with Crippen LogP contribution >= 0.6 is 0 Å². The third-order valence-electron chi connectivity index (χ3n) is 7.80. The van der Waals surface area contributed by atoms with E-state index in [0.717, 1.165) is 15.2 Å². The maximum atomic E-state index is 14.1. The molecule has 252 valence electrons. The predicted molar refractivity (Wildman–Crippen MR) is 180 cm³/mol. The summed E-state index contributed by atoms with van der Waals surface area (Å²) in [6.07, 6.45) is 0.695. The molecule has 16 heteroatoms. The number of benzene rings is 4. The molecule has 6 N–H and O–H groups in total. The van der Waals surface area contributed by atoms with Crippen molar-refractivity contribution in [3.63, 3.8) is 0 Å². The summed E-state index contributed by atoms with van der Waals surface area (Å²) in [5, 5.41) is 6.40. The predicted octanol–water partition coefficient (Wildman–Crippen LogP) is 1.76. The molecule has 1 atom stereocenters. The van der Waals surface area contributed by atoms with Crippen LogP contribution in [-0.4, -0.2) is 67.8 Å². The van der Waals surface area contributed by atoms with E-state index in [1.54, 1.807) is 24.3 Å². The molecule has 1 heterocycles. The summed E-state index contributed by atoms with van der Waals surface area (Å²) >= 11 is 0. The monoisotopic (exact) mass is 694 g/mol. The van der Waals surface area contributed by atoms with Crippen molar-refractivity contribution in [2.45, 2.75) is 16.2 Å². The summed E-state index contributed by atoms with van der Waals surface area (Å²) in [6, 6.07) is 20.1. The Kier molecular flexibility index (Phi) is 9.88. The number of hydrogen-bond acceptors (Lipinski definition) is 9. The van der Waals surface area contributed by atoms with Crippen LogP contribution in [-0.2, 0) is 34.4 Å². The highest BCUT2D eigenvalue weighted by Crippen LogP contribution is 2.38. The number of hydrogen-bond donors (Lipinski definition) is 4. The molecule has 1 fully saturated rings. The molecule has 14 nitrogen and oxygen atoms in total. The Morgan fingerprint density at radius 2 is 1.25 bits per heavy atom. The van der Waals surface area contributed by atoms with Crippen LogP contribution in [0.4, 0.5) is 17.1 Å². The first-order valence-electron chi connectivity index (χ1n) is 14.7. The van der Waals surface area contributed by atoms with Crippen molar-refractivity contribution in [3.8, 4) is 5.75 Å². The number of carbonyl (C=O) groups excluding carboxylic acids is 3. The second-order valence-corrected chi connectivity index (χ2v) is 14.7. The van der Waals surface area contributed by atoms with Crippen LogP contribution in [0.3, 0.4) is 0 Å². The van der Waals surface area contributed by atoms with Gasteiger partial charge in [0.2, 0.25) is 17.7 Å². The minimum Gasteiger partial charge on any atom is -0.497 e. The lowest BCUT2D eigenvalue weighted by atomic mass is 10.1. The van der Waals surface area contributed by atoms with Gasteiger partial charge < -0.3 is 26.8 Å². The molecule has 0 aliphatic carbocycles. The fourth-order valence-corrected chi connectivity index (χ4v) is 8.32. The number of anilines is 3. The van der Waals surface area contributed by atoms with Gasteiger partial charge in [-0.3, -0.25) is 23.0 Å². The molecular weight excluding hydrogens is 661 g/mol. The first kappa shape index (κ1) is 34.2. The molecule has 0 bridgehead atoms. The summed E-state index contributed by atoms with van der Waals surface area (Å²) in [6.45, 7) is -0.168. The quantitative estimate of drug-likeness (QED) is 0.160. The van der Waals surface area contributed by atoms with E-state index < -0.39 is 45.0 Å². The summed E-state index contributed by atoms with van der Waals surface area (Å²) in [4.78, 5) is 36.6. The summed E-state index contributed by atoms with van der Waals surface area (Å²) in [5.74, 6) is -1.84. The fourth-order valence-electron chi connectivity index (χ4n) is 5.42. The lowest BCUT2D eigenvalue weighted by molar-refractivity contribution is -0.119. The highest BCUT2D eigenvalue weighted by Gasteiger charge is 2.32. The van der Waals surface area contributed by atoms with Gasteiger partial charge in [0.05, 0.1) is 34.2 Å². The maximum Gasteiger partial charge on any atom is 0.264 e. The van der Waals surface area contributed by atoms with Gasteiger partial charge in [-0.05, 0) is 73.6 Å². The van der Waals surface area contributed by atoms with E-state index in [2.05, 4.69) is 10.6 Å². The van der Waals surface area contributed by atoms with Crippen LogP contribution in [0.1, 0.15) is 6.42 Å². The number of nitrogens with zero attached hydrogens (tertiary/aromatic N) is 2. The zero-order valence-corrected chi connectivity index (χ0v) is 27.5. The van der Waals surface area contributed by atoms with Crippen LogP contribution in [0.15, 0.2) is 94.7 Å². The molecule has 1 saturated heterocycles. The van der Waals surface area contributed by atoms with Gasteiger partial charge in [-0.25, -0.2) is 16.8 Å². The number of sulfonamides is 2. The summed E-state index contributed by atoms with van der Waals surface area (Å²) in [7, 11) is -7.38. The minimum atomic E-state index is -4.44. The van der Waals surface area contributed by atoms with Gasteiger partial charge in [-0.2, -0.15) is 0 Å².